The van der Waals surface area contributed by atoms with Crippen molar-refractivity contribution in [1.82, 2.24) is 4.90 Å². The van der Waals surface area contributed by atoms with Crippen LogP contribution in [0.3, 0.4) is 0 Å². The first-order chi connectivity index (χ1) is 9.92. The van der Waals surface area contributed by atoms with E-state index in [-0.39, 0.29) is 0 Å². The molecule has 1 heteroatoms. The molecule has 1 unspecified atom stereocenters. The Bertz CT molecular complexity index is 343. The first-order valence-corrected chi connectivity index (χ1v) is 9.38. The van der Waals surface area contributed by atoms with E-state index in [0.29, 0.717) is 11.5 Å². The summed E-state index contributed by atoms with van der Waals surface area (Å²) in [4.78, 5) is 2.67. The van der Waals surface area contributed by atoms with Crippen LogP contribution in [0.15, 0.2) is 11.1 Å². The topological polar surface area (TPSA) is 3.24 Å². The molecule has 1 aliphatic heterocycles. The number of likely N-dealkylation sites (tertiary alicyclic amines) is 1. The molecule has 0 bridgehead atoms. The van der Waals surface area contributed by atoms with Crippen molar-refractivity contribution in [2.45, 2.75) is 87.1 Å². The van der Waals surface area contributed by atoms with Gasteiger partial charge in [-0.1, -0.05) is 52.7 Å². The maximum atomic E-state index is 2.67. The first-order valence-electron chi connectivity index (χ1n) is 9.38. The highest BCUT2D eigenvalue weighted by Gasteiger charge is 2.47. The van der Waals surface area contributed by atoms with E-state index < -0.39 is 0 Å². The third-order valence-electron chi connectivity index (χ3n) is 5.93. The molecule has 1 heterocycles. The summed E-state index contributed by atoms with van der Waals surface area (Å²) in [7, 11) is 0. The van der Waals surface area contributed by atoms with Crippen LogP contribution in [0.5, 0.6) is 0 Å². The molecule has 0 aromatic rings. The number of hydrogen-bond donors (Lipinski definition) is 0. The SMILES string of the molecule is CC.CCC1=C(C(C)C)CC(C)C12CCN(C(C)C)CC2. The second-order valence-electron chi connectivity index (χ2n) is 7.40. The van der Waals surface area contributed by atoms with Gasteiger partial charge in [-0.15, -0.1) is 0 Å². The predicted molar refractivity (Wildman–Crippen MR) is 95.7 cm³/mol. The number of nitrogens with zero attached hydrogens (tertiary/aromatic N) is 1. The minimum absolute atomic E-state index is 0.555. The van der Waals surface area contributed by atoms with Crippen LogP contribution < -0.4 is 0 Å². The van der Waals surface area contributed by atoms with Gasteiger partial charge in [0, 0.05) is 6.04 Å². The molecule has 124 valence electrons. The monoisotopic (exact) mass is 293 g/mol. The lowest BCUT2D eigenvalue weighted by Crippen LogP contribution is -2.45. The van der Waals surface area contributed by atoms with Gasteiger partial charge in [0.1, 0.15) is 0 Å². The Morgan fingerprint density at radius 1 is 1.10 bits per heavy atom. The Labute approximate surface area is 134 Å². The summed E-state index contributed by atoms with van der Waals surface area (Å²) in [5.74, 6) is 1.62. The Kier molecular flexibility index (Phi) is 6.97. The van der Waals surface area contributed by atoms with Crippen molar-refractivity contribution >= 4 is 0 Å². The molecule has 1 atom stereocenters. The number of hydrogen-bond acceptors (Lipinski definition) is 1. The summed E-state index contributed by atoms with van der Waals surface area (Å²) in [5.41, 5.74) is 4.20. The van der Waals surface area contributed by atoms with Crippen LogP contribution in [0, 0.1) is 17.3 Å². The normalized spacial score (nSPS) is 25.7. The summed E-state index contributed by atoms with van der Waals surface area (Å²) >= 11 is 0. The molecule has 21 heavy (non-hydrogen) atoms. The molecule has 1 fully saturated rings. The van der Waals surface area contributed by atoms with E-state index >= 15 is 0 Å². The van der Waals surface area contributed by atoms with Gasteiger partial charge in [-0.25, -0.2) is 0 Å². The molecule has 1 nitrogen and oxygen atoms in total. The van der Waals surface area contributed by atoms with E-state index in [0.717, 1.165) is 11.8 Å². The van der Waals surface area contributed by atoms with Crippen molar-refractivity contribution in [3.8, 4) is 0 Å². The average molecular weight is 294 g/mol. The zero-order chi connectivity index (χ0) is 16.2. The van der Waals surface area contributed by atoms with E-state index in [1.165, 1.54) is 38.8 Å². The van der Waals surface area contributed by atoms with Crippen molar-refractivity contribution in [2.75, 3.05) is 13.1 Å². The number of allylic oxidation sites excluding steroid dienone is 2. The fourth-order valence-electron chi connectivity index (χ4n) is 4.66. The minimum Gasteiger partial charge on any atom is -0.301 e. The smallest absolute Gasteiger partial charge is 0.00386 e. The molecular weight excluding hydrogens is 254 g/mol. The third-order valence-corrected chi connectivity index (χ3v) is 5.93. The maximum Gasteiger partial charge on any atom is 0.00386 e. The van der Waals surface area contributed by atoms with E-state index in [9.17, 15) is 0 Å². The molecule has 0 saturated carbocycles. The van der Waals surface area contributed by atoms with Gasteiger partial charge < -0.3 is 4.90 Å². The summed E-state index contributed by atoms with van der Waals surface area (Å²) in [6.45, 7) is 21.0. The van der Waals surface area contributed by atoms with Crippen molar-refractivity contribution in [2.24, 2.45) is 17.3 Å². The molecule has 0 radical (unpaired) electrons. The van der Waals surface area contributed by atoms with E-state index in [1.807, 2.05) is 19.4 Å². The van der Waals surface area contributed by atoms with Gasteiger partial charge in [0.15, 0.2) is 0 Å². The van der Waals surface area contributed by atoms with E-state index in [2.05, 4.69) is 46.4 Å². The molecule has 1 aliphatic carbocycles. The standard InChI is InChI=1S/C18H33N.C2H6/c1-7-17-16(13(2)3)12-15(6)18(17)8-10-19(11-9-18)14(4)5;1-2/h13-15H,7-12H2,1-6H3;1-2H3. The minimum atomic E-state index is 0.555. The van der Waals surface area contributed by atoms with Crippen molar-refractivity contribution in [3.63, 3.8) is 0 Å². The van der Waals surface area contributed by atoms with E-state index in [1.54, 1.807) is 5.57 Å². The van der Waals surface area contributed by atoms with Crippen molar-refractivity contribution < 1.29 is 0 Å². The van der Waals surface area contributed by atoms with Crippen LogP contribution in [0.25, 0.3) is 0 Å². The van der Waals surface area contributed by atoms with Crippen molar-refractivity contribution in [1.29, 1.82) is 0 Å². The van der Waals surface area contributed by atoms with Crippen LogP contribution in [-0.4, -0.2) is 24.0 Å². The van der Waals surface area contributed by atoms with Crippen LogP contribution in [0.1, 0.15) is 81.1 Å². The Morgan fingerprint density at radius 3 is 2.00 bits per heavy atom. The van der Waals surface area contributed by atoms with E-state index in [4.69, 9.17) is 0 Å². The third kappa shape index (κ3) is 3.55. The summed E-state index contributed by atoms with van der Waals surface area (Å²) in [5, 5.41) is 0. The highest BCUT2D eigenvalue weighted by Crippen LogP contribution is 2.56. The highest BCUT2D eigenvalue weighted by molar-refractivity contribution is 5.32. The fourth-order valence-corrected chi connectivity index (χ4v) is 4.66. The number of rotatable bonds is 3. The van der Waals surface area contributed by atoms with Gasteiger partial charge >= 0.3 is 0 Å². The average Bonchev–Trinajstić information content (AvgIpc) is 2.74. The predicted octanol–water partition coefficient (Wildman–Crippen LogP) is 5.91. The molecule has 2 rings (SSSR count). The number of piperidine rings is 1. The Balaban J connectivity index is 0.00000106. The van der Waals surface area contributed by atoms with Gasteiger partial charge in [0.2, 0.25) is 0 Å². The van der Waals surface area contributed by atoms with Gasteiger partial charge in [-0.05, 0) is 69.9 Å². The summed E-state index contributed by atoms with van der Waals surface area (Å²) < 4.78 is 0. The molecule has 0 N–H and O–H groups in total. The molecule has 2 aliphatic rings. The second-order valence-corrected chi connectivity index (χ2v) is 7.40. The van der Waals surface area contributed by atoms with Crippen LogP contribution >= 0.6 is 0 Å². The van der Waals surface area contributed by atoms with Gasteiger partial charge in [-0.2, -0.15) is 0 Å². The summed E-state index contributed by atoms with van der Waals surface area (Å²) in [6, 6.07) is 0.715. The van der Waals surface area contributed by atoms with Gasteiger partial charge in [-0.3, -0.25) is 0 Å². The Hall–Kier alpha value is -0.300. The molecule has 0 aromatic heterocycles. The highest BCUT2D eigenvalue weighted by atomic mass is 15.2. The van der Waals surface area contributed by atoms with Crippen LogP contribution in [0.2, 0.25) is 0 Å². The molecule has 0 aromatic carbocycles. The van der Waals surface area contributed by atoms with Crippen LogP contribution in [0.4, 0.5) is 0 Å². The first kappa shape index (κ1) is 18.7. The lowest BCUT2D eigenvalue weighted by atomic mass is 9.67. The summed E-state index contributed by atoms with van der Waals surface area (Å²) in [6.07, 6.45) is 5.43. The molecule has 1 saturated heterocycles. The molecular formula is C20H39N. The lowest BCUT2D eigenvalue weighted by Gasteiger charge is -2.45. The van der Waals surface area contributed by atoms with Gasteiger partial charge in [0.05, 0.1) is 0 Å². The Morgan fingerprint density at radius 2 is 1.62 bits per heavy atom. The van der Waals surface area contributed by atoms with Gasteiger partial charge in [0.25, 0.3) is 0 Å². The second kappa shape index (κ2) is 7.81. The molecule has 0 amide bonds. The quantitative estimate of drug-likeness (QED) is 0.585. The zero-order valence-corrected chi connectivity index (χ0v) is 15.9. The van der Waals surface area contributed by atoms with Crippen LogP contribution in [-0.2, 0) is 0 Å². The lowest BCUT2D eigenvalue weighted by molar-refractivity contribution is 0.0762. The maximum absolute atomic E-state index is 2.67. The fraction of sp³-hybridized carbons (Fsp3) is 0.900. The molecule has 1 spiro atoms. The zero-order valence-electron chi connectivity index (χ0n) is 15.9. The van der Waals surface area contributed by atoms with Crippen molar-refractivity contribution in [3.05, 3.63) is 11.1 Å². The largest absolute Gasteiger partial charge is 0.301 e.